The maximum absolute atomic E-state index is 12.6. The number of pyridine rings is 1. The van der Waals surface area contributed by atoms with Crippen molar-refractivity contribution in [2.24, 2.45) is 5.92 Å². The fourth-order valence-corrected chi connectivity index (χ4v) is 3.31. The highest BCUT2D eigenvalue weighted by Gasteiger charge is 2.28. The number of rotatable bonds is 3. The second-order valence-corrected chi connectivity index (χ2v) is 6.16. The number of carbonyl (C=O) groups is 1. The smallest absolute Gasteiger partial charge is 0.254 e. The molecule has 1 aromatic rings. The van der Waals surface area contributed by atoms with Gasteiger partial charge in [0.15, 0.2) is 0 Å². The van der Waals surface area contributed by atoms with Crippen molar-refractivity contribution in [3.05, 3.63) is 28.5 Å². The van der Waals surface area contributed by atoms with Gasteiger partial charge in [0.2, 0.25) is 0 Å². The maximum Gasteiger partial charge on any atom is 0.254 e. The average molecular weight is 295 g/mol. The predicted octanol–water partition coefficient (Wildman–Crippen LogP) is 3.95. The van der Waals surface area contributed by atoms with Gasteiger partial charge in [-0.05, 0) is 37.3 Å². The quantitative estimate of drug-likeness (QED) is 0.791. The second-order valence-electron chi connectivity index (χ2n) is 5.77. The van der Waals surface area contributed by atoms with E-state index in [1.807, 2.05) is 24.9 Å². The van der Waals surface area contributed by atoms with Crippen LogP contribution in [0.3, 0.4) is 0 Å². The van der Waals surface area contributed by atoms with Gasteiger partial charge in [0.25, 0.3) is 5.91 Å². The van der Waals surface area contributed by atoms with Crippen LogP contribution in [0.2, 0.25) is 5.15 Å². The molecular weight excluding hydrogens is 272 g/mol. The molecule has 2 atom stereocenters. The first-order chi connectivity index (χ1) is 9.52. The van der Waals surface area contributed by atoms with Gasteiger partial charge in [0.05, 0.1) is 0 Å². The molecule has 0 N–H and O–H groups in total. The van der Waals surface area contributed by atoms with E-state index < -0.39 is 0 Å². The number of hydrogen-bond donors (Lipinski definition) is 0. The summed E-state index contributed by atoms with van der Waals surface area (Å²) in [7, 11) is 1.91. The molecule has 0 saturated heterocycles. The van der Waals surface area contributed by atoms with Gasteiger partial charge in [-0.15, -0.1) is 0 Å². The van der Waals surface area contributed by atoms with Gasteiger partial charge in [-0.1, -0.05) is 38.3 Å². The van der Waals surface area contributed by atoms with Gasteiger partial charge in [-0.25, -0.2) is 4.98 Å². The third kappa shape index (κ3) is 3.32. The lowest BCUT2D eigenvalue weighted by Gasteiger charge is -2.36. The van der Waals surface area contributed by atoms with Crippen molar-refractivity contribution in [2.45, 2.75) is 52.0 Å². The van der Waals surface area contributed by atoms with E-state index in [4.69, 9.17) is 11.6 Å². The molecule has 0 radical (unpaired) electrons. The third-order valence-corrected chi connectivity index (χ3v) is 4.53. The van der Waals surface area contributed by atoms with E-state index in [0.29, 0.717) is 22.7 Å². The molecule has 0 spiro atoms. The van der Waals surface area contributed by atoms with E-state index in [9.17, 15) is 4.79 Å². The Hall–Kier alpha value is -1.09. The molecule has 1 aromatic heterocycles. The number of halogens is 1. The summed E-state index contributed by atoms with van der Waals surface area (Å²) in [6.45, 7) is 4.25. The first-order valence-electron chi connectivity index (χ1n) is 7.46. The van der Waals surface area contributed by atoms with Gasteiger partial charge in [0, 0.05) is 24.3 Å². The normalized spacial score (nSPS) is 22.6. The lowest BCUT2D eigenvalue weighted by atomic mass is 9.85. The minimum atomic E-state index is 0.0581. The van der Waals surface area contributed by atoms with Gasteiger partial charge >= 0.3 is 0 Å². The standard InChI is InChI=1S/C16H23ClN2O/c1-4-13-9-12(10-15(17)18-13)16(20)19(3)14-8-6-5-7-11(14)2/h9-11,14H,4-8H2,1-3H3. The highest BCUT2D eigenvalue weighted by molar-refractivity contribution is 6.29. The zero-order chi connectivity index (χ0) is 14.7. The van der Waals surface area contributed by atoms with Gasteiger partial charge in [0.1, 0.15) is 5.15 Å². The molecule has 1 aliphatic carbocycles. The highest BCUT2D eigenvalue weighted by atomic mass is 35.5. The molecule has 1 fully saturated rings. The summed E-state index contributed by atoms with van der Waals surface area (Å²) in [5, 5.41) is 0.401. The van der Waals surface area contributed by atoms with E-state index >= 15 is 0 Å². The summed E-state index contributed by atoms with van der Waals surface area (Å²) in [5.74, 6) is 0.628. The largest absolute Gasteiger partial charge is 0.338 e. The molecule has 0 aromatic carbocycles. The van der Waals surface area contributed by atoms with Crippen molar-refractivity contribution in [2.75, 3.05) is 7.05 Å². The average Bonchev–Trinajstić information content (AvgIpc) is 2.45. The van der Waals surface area contributed by atoms with Crippen molar-refractivity contribution in [1.82, 2.24) is 9.88 Å². The molecule has 110 valence electrons. The minimum Gasteiger partial charge on any atom is -0.338 e. The Balaban J connectivity index is 2.19. The van der Waals surface area contributed by atoms with Crippen LogP contribution in [0.4, 0.5) is 0 Å². The summed E-state index contributed by atoms with van der Waals surface area (Å²) in [6, 6.07) is 3.87. The fraction of sp³-hybridized carbons (Fsp3) is 0.625. The number of nitrogens with zero attached hydrogens (tertiary/aromatic N) is 2. The number of amides is 1. The lowest BCUT2D eigenvalue weighted by molar-refractivity contribution is 0.0628. The molecule has 3 nitrogen and oxygen atoms in total. The van der Waals surface area contributed by atoms with E-state index in [1.165, 1.54) is 19.3 Å². The van der Waals surface area contributed by atoms with Gasteiger partial charge in [-0.3, -0.25) is 4.79 Å². The van der Waals surface area contributed by atoms with Crippen LogP contribution in [0.25, 0.3) is 0 Å². The minimum absolute atomic E-state index is 0.0581. The van der Waals surface area contributed by atoms with Crippen LogP contribution < -0.4 is 0 Å². The Morgan fingerprint density at radius 2 is 2.10 bits per heavy atom. The van der Waals surface area contributed by atoms with Crippen molar-refractivity contribution in [3.8, 4) is 0 Å². The van der Waals surface area contributed by atoms with Crippen LogP contribution in [0.15, 0.2) is 12.1 Å². The molecule has 2 rings (SSSR count). The molecule has 2 unspecified atom stereocenters. The Morgan fingerprint density at radius 1 is 1.40 bits per heavy atom. The summed E-state index contributed by atoms with van der Waals surface area (Å²) < 4.78 is 0. The Bertz CT molecular complexity index is 489. The molecule has 1 heterocycles. The van der Waals surface area contributed by atoms with Crippen molar-refractivity contribution in [3.63, 3.8) is 0 Å². The van der Waals surface area contributed by atoms with Gasteiger partial charge < -0.3 is 4.90 Å². The summed E-state index contributed by atoms with van der Waals surface area (Å²) in [4.78, 5) is 18.8. The van der Waals surface area contributed by atoms with E-state index in [0.717, 1.165) is 18.5 Å². The second kappa shape index (κ2) is 6.57. The number of aromatic nitrogens is 1. The van der Waals surface area contributed by atoms with E-state index in [2.05, 4.69) is 11.9 Å². The van der Waals surface area contributed by atoms with Crippen LogP contribution in [0.1, 0.15) is 55.6 Å². The van der Waals surface area contributed by atoms with Crippen molar-refractivity contribution in [1.29, 1.82) is 0 Å². The van der Waals surface area contributed by atoms with Crippen LogP contribution >= 0.6 is 11.6 Å². The topological polar surface area (TPSA) is 33.2 Å². The molecule has 1 saturated carbocycles. The molecule has 20 heavy (non-hydrogen) atoms. The van der Waals surface area contributed by atoms with Crippen LogP contribution in [0.5, 0.6) is 0 Å². The third-order valence-electron chi connectivity index (χ3n) is 4.34. The summed E-state index contributed by atoms with van der Waals surface area (Å²) in [5.41, 5.74) is 1.52. The molecular formula is C16H23ClN2O. The fourth-order valence-electron chi connectivity index (χ4n) is 3.08. The monoisotopic (exact) mass is 294 g/mol. The van der Waals surface area contributed by atoms with Gasteiger partial charge in [-0.2, -0.15) is 0 Å². The Kier molecular flexibility index (Phi) is 5.03. The Labute approximate surface area is 126 Å². The lowest BCUT2D eigenvalue weighted by Crippen LogP contribution is -2.42. The zero-order valence-corrected chi connectivity index (χ0v) is 13.3. The SMILES string of the molecule is CCc1cc(C(=O)N(C)C2CCCCC2C)cc(Cl)n1. The molecule has 0 aliphatic heterocycles. The van der Waals surface area contributed by atoms with Crippen molar-refractivity contribution >= 4 is 17.5 Å². The number of carbonyl (C=O) groups excluding carboxylic acids is 1. The summed E-state index contributed by atoms with van der Waals surface area (Å²) >= 11 is 6.01. The molecule has 0 bridgehead atoms. The zero-order valence-electron chi connectivity index (χ0n) is 12.5. The predicted molar refractivity (Wildman–Crippen MR) is 82.1 cm³/mol. The first kappa shape index (κ1) is 15.3. The molecule has 1 amide bonds. The number of aryl methyl sites for hydroxylation is 1. The maximum atomic E-state index is 12.6. The van der Waals surface area contributed by atoms with E-state index in [1.54, 1.807) is 6.07 Å². The van der Waals surface area contributed by atoms with Crippen LogP contribution in [-0.2, 0) is 6.42 Å². The van der Waals surface area contributed by atoms with Crippen LogP contribution in [0, 0.1) is 5.92 Å². The Morgan fingerprint density at radius 3 is 2.75 bits per heavy atom. The van der Waals surface area contributed by atoms with Crippen LogP contribution in [-0.4, -0.2) is 28.9 Å². The van der Waals surface area contributed by atoms with Crippen molar-refractivity contribution < 1.29 is 4.79 Å². The molecule has 4 heteroatoms. The molecule has 1 aliphatic rings. The van der Waals surface area contributed by atoms with E-state index in [-0.39, 0.29) is 5.91 Å². The highest BCUT2D eigenvalue weighted by Crippen LogP contribution is 2.28. The summed E-state index contributed by atoms with van der Waals surface area (Å²) in [6.07, 6.45) is 5.58. The first-order valence-corrected chi connectivity index (χ1v) is 7.84. The number of hydrogen-bond acceptors (Lipinski definition) is 2.